The molecule has 0 aliphatic carbocycles. The van der Waals surface area contributed by atoms with Crippen molar-refractivity contribution in [3.63, 3.8) is 0 Å². The van der Waals surface area contributed by atoms with E-state index >= 15 is 0 Å². The standard InChI is InChI=1S/C19H15ClFN3OS/c1-12-10-18(24-19(22-12)13-2-6-15(21)7-3-13)26-11-17(25)23-16-8-4-14(20)5-9-16/h2-10H,11H2,1H3,(H,23,25). The zero-order chi connectivity index (χ0) is 18.5. The smallest absolute Gasteiger partial charge is 0.234 e. The van der Waals surface area contributed by atoms with E-state index in [2.05, 4.69) is 15.3 Å². The first-order valence-corrected chi connectivity index (χ1v) is 9.16. The van der Waals surface area contributed by atoms with Crippen LogP contribution in [0, 0.1) is 12.7 Å². The Morgan fingerprint density at radius 1 is 1.12 bits per heavy atom. The van der Waals surface area contributed by atoms with Crippen LogP contribution in [-0.4, -0.2) is 21.6 Å². The number of amides is 1. The van der Waals surface area contributed by atoms with Crippen LogP contribution in [0.2, 0.25) is 5.02 Å². The highest BCUT2D eigenvalue weighted by molar-refractivity contribution is 7.99. The molecule has 0 saturated heterocycles. The fourth-order valence-corrected chi connectivity index (χ4v) is 3.09. The maximum Gasteiger partial charge on any atom is 0.234 e. The third-order valence-electron chi connectivity index (χ3n) is 3.41. The number of thioether (sulfide) groups is 1. The van der Waals surface area contributed by atoms with E-state index < -0.39 is 0 Å². The lowest BCUT2D eigenvalue weighted by molar-refractivity contribution is -0.113. The lowest BCUT2D eigenvalue weighted by Crippen LogP contribution is -2.14. The number of rotatable bonds is 5. The average molecular weight is 388 g/mol. The SMILES string of the molecule is Cc1cc(SCC(=O)Nc2ccc(Cl)cc2)nc(-c2ccc(F)cc2)n1. The Labute approximate surface area is 159 Å². The molecule has 0 radical (unpaired) electrons. The van der Waals surface area contributed by atoms with Crippen LogP contribution in [0.15, 0.2) is 59.6 Å². The molecule has 0 fully saturated rings. The Balaban J connectivity index is 1.66. The topological polar surface area (TPSA) is 54.9 Å². The predicted octanol–water partition coefficient (Wildman–Crippen LogP) is 4.98. The minimum absolute atomic E-state index is 0.142. The monoisotopic (exact) mass is 387 g/mol. The van der Waals surface area contributed by atoms with Gasteiger partial charge in [-0.25, -0.2) is 14.4 Å². The van der Waals surface area contributed by atoms with Gasteiger partial charge in [0.25, 0.3) is 0 Å². The summed E-state index contributed by atoms with van der Waals surface area (Å²) in [5, 5.41) is 4.10. The number of hydrogen-bond acceptors (Lipinski definition) is 4. The largest absolute Gasteiger partial charge is 0.325 e. The normalized spacial score (nSPS) is 10.6. The molecule has 3 rings (SSSR count). The second-order valence-electron chi connectivity index (χ2n) is 5.52. The van der Waals surface area contributed by atoms with Gasteiger partial charge in [0.05, 0.1) is 5.75 Å². The first-order chi connectivity index (χ1) is 12.5. The minimum Gasteiger partial charge on any atom is -0.325 e. The molecule has 132 valence electrons. The van der Waals surface area contributed by atoms with Crippen molar-refractivity contribution in [2.75, 3.05) is 11.1 Å². The fourth-order valence-electron chi connectivity index (χ4n) is 2.21. The van der Waals surface area contributed by atoms with Gasteiger partial charge in [-0.15, -0.1) is 0 Å². The zero-order valence-electron chi connectivity index (χ0n) is 13.9. The molecule has 3 aromatic rings. The van der Waals surface area contributed by atoms with E-state index in [1.165, 1.54) is 23.9 Å². The molecular weight excluding hydrogens is 373 g/mol. The third-order valence-corrected chi connectivity index (χ3v) is 4.58. The first-order valence-electron chi connectivity index (χ1n) is 7.79. The van der Waals surface area contributed by atoms with Crippen LogP contribution in [0.25, 0.3) is 11.4 Å². The van der Waals surface area contributed by atoms with Gasteiger partial charge in [-0.1, -0.05) is 23.4 Å². The number of aryl methyl sites for hydroxylation is 1. The van der Waals surface area contributed by atoms with Gasteiger partial charge in [0.15, 0.2) is 5.82 Å². The highest BCUT2D eigenvalue weighted by Gasteiger charge is 2.09. The summed E-state index contributed by atoms with van der Waals surface area (Å²) in [6.07, 6.45) is 0. The first kappa shape index (κ1) is 18.4. The average Bonchev–Trinajstić information content (AvgIpc) is 2.62. The van der Waals surface area contributed by atoms with Crippen LogP contribution in [0.4, 0.5) is 10.1 Å². The van der Waals surface area contributed by atoms with Crippen molar-refractivity contribution in [2.45, 2.75) is 11.9 Å². The van der Waals surface area contributed by atoms with E-state index in [1.807, 2.05) is 13.0 Å². The van der Waals surface area contributed by atoms with Crippen LogP contribution in [0.1, 0.15) is 5.69 Å². The Hall–Kier alpha value is -2.44. The van der Waals surface area contributed by atoms with Crippen LogP contribution in [0.5, 0.6) is 0 Å². The van der Waals surface area contributed by atoms with Crippen LogP contribution in [-0.2, 0) is 4.79 Å². The van der Waals surface area contributed by atoms with Crippen LogP contribution >= 0.6 is 23.4 Å². The van der Waals surface area contributed by atoms with Gasteiger partial charge in [0.1, 0.15) is 10.8 Å². The van der Waals surface area contributed by atoms with Gasteiger partial charge in [-0.2, -0.15) is 0 Å². The quantitative estimate of drug-likeness (QED) is 0.495. The van der Waals surface area contributed by atoms with Crippen molar-refractivity contribution in [1.82, 2.24) is 9.97 Å². The van der Waals surface area contributed by atoms with Gasteiger partial charge in [-0.3, -0.25) is 4.79 Å². The zero-order valence-corrected chi connectivity index (χ0v) is 15.4. The molecule has 0 atom stereocenters. The number of nitrogens with one attached hydrogen (secondary N) is 1. The van der Waals surface area contributed by atoms with E-state index in [4.69, 9.17) is 11.6 Å². The molecule has 2 aromatic carbocycles. The van der Waals surface area contributed by atoms with Gasteiger partial charge in [-0.05, 0) is 61.5 Å². The fraction of sp³-hybridized carbons (Fsp3) is 0.105. The number of anilines is 1. The number of benzene rings is 2. The Morgan fingerprint density at radius 3 is 2.50 bits per heavy atom. The van der Waals surface area contributed by atoms with Crippen LogP contribution in [0.3, 0.4) is 0 Å². The Morgan fingerprint density at radius 2 is 1.81 bits per heavy atom. The molecule has 0 aliphatic heterocycles. The summed E-state index contributed by atoms with van der Waals surface area (Å²) >= 11 is 7.14. The van der Waals surface area contributed by atoms with Crippen molar-refractivity contribution in [2.24, 2.45) is 0 Å². The van der Waals surface area contributed by atoms with E-state index in [1.54, 1.807) is 36.4 Å². The molecule has 1 aromatic heterocycles. The van der Waals surface area contributed by atoms with Crippen molar-refractivity contribution in [1.29, 1.82) is 0 Å². The number of carbonyl (C=O) groups is 1. The molecule has 7 heteroatoms. The summed E-state index contributed by atoms with van der Waals surface area (Å²) < 4.78 is 13.1. The summed E-state index contributed by atoms with van der Waals surface area (Å²) in [7, 11) is 0. The molecule has 0 aliphatic rings. The molecule has 1 N–H and O–H groups in total. The lowest BCUT2D eigenvalue weighted by Gasteiger charge is -2.07. The van der Waals surface area contributed by atoms with Crippen molar-refractivity contribution in [3.8, 4) is 11.4 Å². The minimum atomic E-state index is -0.310. The van der Waals surface area contributed by atoms with E-state index in [0.29, 0.717) is 21.6 Å². The molecule has 0 unspecified atom stereocenters. The van der Waals surface area contributed by atoms with Crippen molar-refractivity contribution < 1.29 is 9.18 Å². The summed E-state index contributed by atoms with van der Waals surface area (Å²) in [5.74, 6) is 0.263. The summed E-state index contributed by atoms with van der Waals surface area (Å²) in [5.41, 5.74) is 2.19. The summed E-state index contributed by atoms with van der Waals surface area (Å²) in [6.45, 7) is 1.85. The van der Waals surface area contributed by atoms with Gasteiger partial charge < -0.3 is 5.32 Å². The highest BCUT2D eigenvalue weighted by Crippen LogP contribution is 2.22. The predicted molar refractivity (Wildman–Crippen MR) is 103 cm³/mol. The second kappa shape index (κ2) is 8.29. The van der Waals surface area contributed by atoms with Crippen molar-refractivity contribution in [3.05, 3.63) is 71.1 Å². The van der Waals surface area contributed by atoms with Gasteiger partial charge in [0, 0.05) is 22.0 Å². The number of hydrogen-bond donors (Lipinski definition) is 1. The Bertz CT molecular complexity index is 917. The van der Waals surface area contributed by atoms with E-state index in [-0.39, 0.29) is 17.5 Å². The number of nitrogens with zero attached hydrogens (tertiary/aromatic N) is 2. The second-order valence-corrected chi connectivity index (χ2v) is 6.95. The maximum absolute atomic E-state index is 13.1. The van der Waals surface area contributed by atoms with Gasteiger partial charge in [0.2, 0.25) is 5.91 Å². The highest BCUT2D eigenvalue weighted by atomic mass is 35.5. The molecule has 0 saturated carbocycles. The summed E-state index contributed by atoms with van der Waals surface area (Å²) in [6, 6.07) is 14.7. The van der Waals surface area contributed by atoms with Crippen LogP contribution < -0.4 is 5.32 Å². The Kier molecular flexibility index (Phi) is 5.85. The van der Waals surface area contributed by atoms with E-state index in [9.17, 15) is 9.18 Å². The number of carbonyl (C=O) groups excluding carboxylic acids is 1. The summed E-state index contributed by atoms with van der Waals surface area (Å²) in [4.78, 5) is 20.9. The molecule has 26 heavy (non-hydrogen) atoms. The van der Waals surface area contributed by atoms with Crippen molar-refractivity contribution >= 4 is 35.0 Å². The maximum atomic E-state index is 13.1. The third kappa shape index (κ3) is 5.03. The lowest BCUT2D eigenvalue weighted by atomic mass is 10.2. The molecular formula is C19H15ClFN3OS. The molecule has 1 amide bonds. The number of aromatic nitrogens is 2. The molecule has 0 bridgehead atoms. The van der Waals surface area contributed by atoms with Gasteiger partial charge >= 0.3 is 0 Å². The number of halogens is 2. The van der Waals surface area contributed by atoms with E-state index in [0.717, 1.165) is 11.3 Å². The molecule has 4 nitrogen and oxygen atoms in total. The molecule has 0 spiro atoms. The molecule has 1 heterocycles.